The van der Waals surface area contributed by atoms with Crippen LogP contribution in [0.2, 0.25) is 0 Å². The molecule has 0 unspecified atom stereocenters. The fourth-order valence-electron chi connectivity index (χ4n) is 2.47. The first-order valence-electron chi connectivity index (χ1n) is 7.14. The summed E-state index contributed by atoms with van der Waals surface area (Å²) in [5.41, 5.74) is 8.64. The van der Waals surface area contributed by atoms with Gasteiger partial charge >= 0.3 is 0 Å². The van der Waals surface area contributed by atoms with E-state index in [1.54, 1.807) is 6.20 Å². The molecule has 1 aromatic heterocycles. The van der Waals surface area contributed by atoms with Gasteiger partial charge in [0.25, 0.3) is 0 Å². The second-order valence-corrected chi connectivity index (χ2v) is 5.55. The molecule has 0 aliphatic rings. The molecular formula is C16H21N3OS. The highest BCUT2D eigenvalue weighted by Gasteiger charge is 2.14. The van der Waals surface area contributed by atoms with Crippen LogP contribution in [0, 0.1) is 0 Å². The maximum absolute atomic E-state index is 8.85. The smallest absolute Gasteiger partial charge is 0.107 e. The third-order valence-corrected chi connectivity index (χ3v) is 3.77. The minimum absolute atomic E-state index is 0.250. The van der Waals surface area contributed by atoms with Gasteiger partial charge in [-0.3, -0.25) is 4.98 Å². The van der Waals surface area contributed by atoms with Gasteiger partial charge < -0.3 is 15.7 Å². The Kier molecular flexibility index (Phi) is 5.47. The second-order valence-electron chi connectivity index (χ2n) is 5.11. The van der Waals surface area contributed by atoms with Crippen molar-refractivity contribution in [3.05, 3.63) is 36.0 Å². The van der Waals surface area contributed by atoms with Crippen molar-refractivity contribution < 1.29 is 5.11 Å². The summed E-state index contributed by atoms with van der Waals surface area (Å²) in [7, 11) is 2.04. The SMILES string of the molecule is CN(CCCCCO)c1c(C(N)=S)cnc2ccccc12. The number of thiocarbonyl (C=S) groups is 1. The Morgan fingerprint density at radius 3 is 2.76 bits per heavy atom. The Labute approximate surface area is 130 Å². The standard InChI is InChI=1S/C16H21N3OS/c1-19(9-5-2-6-10-20)15-12-7-3-4-8-14(12)18-11-13(15)16(17)21/h3-4,7-8,11,20H,2,5-6,9-10H2,1H3,(H2,17,21). The lowest BCUT2D eigenvalue weighted by atomic mass is 10.1. The van der Waals surface area contributed by atoms with Gasteiger partial charge in [0, 0.05) is 31.8 Å². The molecule has 3 N–H and O–H groups in total. The first-order valence-corrected chi connectivity index (χ1v) is 7.55. The highest BCUT2D eigenvalue weighted by Crippen LogP contribution is 2.29. The van der Waals surface area contributed by atoms with Gasteiger partial charge in [0.05, 0.1) is 16.8 Å². The van der Waals surface area contributed by atoms with Gasteiger partial charge in [-0.25, -0.2) is 0 Å². The average Bonchev–Trinajstić information content (AvgIpc) is 2.50. The van der Waals surface area contributed by atoms with Gasteiger partial charge in [-0.2, -0.15) is 0 Å². The molecule has 0 fully saturated rings. The summed E-state index contributed by atoms with van der Waals surface area (Å²) in [6.45, 7) is 1.14. The number of anilines is 1. The number of hydrogen-bond acceptors (Lipinski definition) is 4. The molecule has 0 saturated carbocycles. The molecule has 5 heteroatoms. The summed E-state index contributed by atoms with van der Waals surface area (Å²) < 4.78 is 0. The molecule has 0 spiro atoms. The van der Waals surface area contributed by atoms with Gasteiger partial charge in [-0.15, -0.1) is 0 Å². The van der Waals surface area contributed by atoms with E-state index >= 15 is 0 Å². The molecule has 2 aromatic rings. The first-order chi connectivity index (χ1) is 10.1. The number of pyridine rings is 1. The Morgan fingerprint density at radius 2 is 2.05 bits per heavy atom. The molecule has 2 rings (SSSR count). The van der Waals surface area contributed by atoms with Crippen LogP contribution in [0.5, 0.6) is 0 Å². The van der Waals surface area contributed by atoms with Crippen LogP contribution in [-0.4, -0.2) is 35.3 Å². The van der Waals surface area contributed by atoms with E-state index in [4.69, 9.17) is 23.1 Å². The zero-order valence-corrected chi connectivity index (χ0v) is 13.1. The van der Waals surface area contributed by atoms with Gasteiger partial charge in [0.2, 0.25) is 0 Å². The van der Waals surface area contributed by atoms with Crippen molar-refractivity contribution in [1.29, 1.82) is 0 Å². The molecule has 4 nitrogen and oxygen atoms in total. The molecule has 0 radical (unpaired) electrons. The van der Waals surface area contributed by atoms with Crippen molar-refractivity contribution in [2.45, 2.75) is 19.3 Å². The summed E-state index contributed by atoms with van der Waals surface area (Å²) in [5.74, 6) is 0. The Morgan fingerprint density at radius 1 is 1.29 bits per heavy atom. The number of hydrogen-bond donors (Lipinski definition) is 2. The molecule has 1 heterocycles. The Bertz CT molecular complexity index is 630. The number of benzene rings is 1. The highest BCUT2D eigenvalue weighted by atomic mass is 32.1. The van der Waals surface area contributed by atoms with Crippen LogP contribution in [0.15, 0.2) is 30.5 Å². The lowest BCUT2D eigenvalue weighted by Gasteiger charge is -2.23. The minimum atomic E-state index is 0.250. The summed E-state index contributed by atoms with van der Waals surface area (Å²) in [6.07, 6.45) is 4.62. The van der Waals surface area contributed by atoms with E-state index in [2.05, 4.69) is 9.88 Å². The molecule has 1 aromatic carbocycles. The lowest BCUT2D eigenvalue weighted by Crippen LogP contribution is -2.23. The number of nitrogens with zero attached hydrogens (tertiary/aromatic N) is 2. The van der Waals surface area contributed by atoms with Crippen LogP contribution < -0.4 is 10.6 Å². The summed E-state index contributed by atoms with van der Waals surface area (Å²) in [4.78, 5) is 6.97. The largest absolute Gasteiger partial charge is 0.396 e. The third-order valence-electron chi connectivity index (χ3n) is 3.55. The van der Waals surface area contributed by atoms with Crippen molar-refractivity contribution >= 4 is 33.8 Å². The van der Waals surface area contributed by atoms with E-state index in [-0.39, 0.29) is 6.61 Å². The third kappa shape index (κ3) is 3.68. The van der Waals surface area contributed by atoms with E-state index in [0.29, 0.717) is 4.99 Å². The number of para-hydroxylation sites is 1. The molecule has 0 aliphatic heterocycles. The Balaban J connectivity index is 2.34. The van der Waals surface area contributed by atoms with Crippen molar-refractivity contribution in [3.63, 3.8) is 0 Å². The zero-order chi connectivity index (χ0) is 15.2. The molecule has 21 heavy (non-hydrogen) atoms. The van der Waals surface area contributed by atoms with Crippen molar-refractivity contribution in [3.8, 4) is 0 Å². The topological polar surface area (TPSA) is 62.4 Å². The predicted molar refractivity (Wildman–Crippen MR) is 91.8 cm³/mol. The van der Waals surface area contributed by atoms with Crippen molar-refractivity contribution in [2.24, 2.45) is 5.73 Å². The van der Waals surface area contributed by atoms with E-state index in [0.717, 1.165) is 48.0 Å². The average molecular weight is 303 g/mol. The quantitative estimate of drug-likeness (QED) is 0.608. The van der Waals surface area contributed by atoms with Gasteiger partial charge in [0.15, 0.2) is 0 Å². The summed E-state index contributed by atoms with van der Waals surface area (Å²) in [5, 5.41) is 9.91. The van der Waals surface area contributed by atoms with Crippen LogP contribution in [0.25, 0.3) is 10.9 Å². The maximum atomic E-state index is 8.85. The van der Waals surface area contributed by atoms with E-state index < -0.39 is 0 Å². The monoisotopic (exact) mass is 303 g/mol. The van der Waals surface area contributed by atoms with E-state index in [1.807, 2.05) is 31.3 Å². The molecule has 0 amide bonds. The summed E-state index contributed by atoms with van der Waals surface area (Å²) >= 11 is 5.16. The lowest BCUT2D eigenvalue weighted by molar-refractivity contribution is 0.283. The number of fused-ring (bicyclic) bond motifs is 1. The number of aromatic nitrogens is 1. The normalized spacial score (nSPS) is 10.8. The molecular weight excluding hydrogens is 282 g/mol. The van der Waals surface area contributed by atoms with Gasteiger partial charge in [0.1, 0.15) is 4.99 Å². The fourth-order valence-corrected chi connectivity index (χ4v) is 2.62. The zero-order valence-electron chi connectivity index (χ0n) is 12.2. The first kappa shape index (κ1) is 15.7. The number of aliphatic hydroxyl groups is 1. The van der Waals surface area contributed by atoms with Crippen LogP contribution in [0.1, 0.15) is 24.8 Å². The van der Waals surface area contributed by atoms with Crippen molar-refractivity contribution in [2.75, 3.05) is 25.1 Å². The number of aliphatic hydroxyl groups excluding tert-OH is 1. The molecule has 0 atom stereocenters. The molecule has 0 saturated heterocycles. The van der Waals surface area contributed by atoms with Crippen LogP contribution >= 0.6 is 12.2 Å². The number of nitrogens with two attached hydrogens (primary N) is 1. The van der Waals surface area contributed by atoms with E-state index in [1.165, 1.54) is 0 Å². The number of unbranched alkanes of at least 4 members (excludes halogenated alkanes) is 2. The van der Waals surface area contributed by atoms with Crippen LogP contribution in [0.3, 0.4) is 0 Å². The predicted octanol–water partition coefficient (Wildman–Crippen LogP) is 2.47. The maximum Gasteiger partial charge on any atom is 0.107 e. The van der Waals surface area contributed by atoms with Gasteiger partial charge in [-0.1, -0.05) is 30.4 Å². The molecule has 112 valence electrons. The Hall–Kier alpha value is -1.72. The van der Waals surface area contributed by atoms with Crippen LogP contribution in [-0.2, 0) is 0 Å². The summed E-state index contributed by atoms with van der Waals surface area (Å²) in [6, 6.07) is 8.00. The highest BCUT2D eigenvalue weighted by molar-refractivity contribution is 7.80. The second kappa shape index (κ2) is 7.33. The van der Waals surface area contributed by atoms with E-state index in [9.17, 15) is 0 Å². The fraction of sp³-hybridized carbons (Fsp3) is 0.375. The van der Waals surface area contributed by atoms with Crippen molar-refractivity contribution in [1.82, 2.24) is 4.98 Å². The minimum Gasteiger partial charge on any atom is -0.396 e. The number of rotatable bonds is 7. The van der Waals surface area contributed by atoms with Gasteiger partial charge in [-0.05, 0) is 25.3 Å². The molecule has 0 aliphatic carbocycles. The van der Waals surface area contributed by atoms with Crippen LogP contribution in [0.4, 0.5) is 5.69 Å². The molecule has 0 bridgehead atoms.